The first-order valence-corrected chi connectivity index (χ1v) is 6.56. The molecular formula is C14H13BrN2O2. The van der Waals surface area contributed by atoms with Crippen LogP contribution in [0.3, 0.4) is 0 Å². The third-order valence-corrected chi connectivity index (χ3v) is 3.29. The smallest absolute Gasteiger partial charge is 0.255 e. The summed E-state index contributed by atoms with van der Waals surface area (Å²) in [5, 5.41) is 12.4. The van der Waals surface area contributed by atoms with Gasteiger partial charge in [-0.2, -0.15) is 0 Å². The molecule has 0 aliphatic rings. The highest BCUT2D eigenvalue weighted by Gasteiger charge is 2.14. The van der Waals surface area contributed by atoms with Gasteiger partial charge in [-0.25, -0.2) is 0 Å². The van der Waals surface area contributed by atoms with Gasteiger partial charge in [0.05, 0.1) is 17.8 Å². The van der Waals surface area contributed by atoms with Crippen LogP contribution in [0.5, 0.6) is 5.75 Å². The van der Waals surface area contributed by atoms with Crippen molar-refractivity contribution in [2.24, 2.45) is 0 Å². The number of benzene rings is 1. The van der Waals surface area contributed by atoms with Gasteiger partial charge in [0.25, 0.3) is 5.91 Å². The average Bonchev–Trinajstić information content (AvgIpc) is 2.39. The third kappa shape index (κ3) is 3.32. The molecule has 0 fully saturated rings. The number of amides is 1. The Labute approximate surface area is 119 Å². The third-order valence-electron chi connectivity index (χ3n) is 2.76. The molecule has 5 heteroatoms. The summed E-state index contributed by atoms with van der Waals surface area (Å²) < 4.78 is 0.988. The van der Waals surface area contributed by atoms with Crippen molar-refractivity contribution in [1.82, 2.24) is 10.3 Å². The van der Waals surface area contributed by atoms with E-state index in [1.807, 2.05) is 31.2 Å². The highest BCUT2D eigenvalue weighted by atomic mass is 79.9. The number of hydrogen-bond donors (Lipinski definition) is 2. The topological polar surface area (TPSA) is 62.2 Å². The van der Waals surface area contributed by atoms with Crippen LogP contribution in [0.2, 0.25) is 0 Å². The van der Waals surface area contributed by atoms with Gasteiger partial charge in [-0.3, -0.25) is 9.78 Å². The van der Waals surface area contributed by atoms with Gasteiger partial charge in [0.1, 0.15) is 5.75 Å². The molecule has 0 aliphatic carbocycles. The molecule has 0 saturated heterocycles. The number of nitrogens with zero attached hydrogens (tertiary/aromatic N) is 1. The first-order chi connectivity index (χ1) is 9.08. The van der Waals surface area contributed by atoms with Crippen LogP contribution in [0.4, 0.5) is 0 Å². The fourth-order valence-corrected chi connectivity index (χ4v) is 1.95. The largest absolute Gasteiger partial charge is 0.505 e. The highest BCUT2D eigenvalue weighted by Crippen LogP contribution is 2.19. The predicted molar refractivity (Wildman–Crippen MR) is 75.9 cm³/mol. The number of aromatic hydroxyl groups is 1. The summed E-state index contributed by atoms with van der Waals surface area (Å²) in [6.45, 7) is 1.89. The zero-order valence-electron chi connectivity index (χ0n) is 10.3. The molecule has 1 atom stereocenters. The number of carbonyl (C=O) groups excluding carboxylic acids is 1. The normalized spacial score (nSPS) is 11.9. The van der Waals surface area contributed by atoms with Crippen molar-refractivity contribution < 1.29 is 9.90 Å². The van der Waals surface area contributed by atoms with Crippen molar-refractivity contribution in [3.05, 3.63) is 58.3 Å². The number of hydrogen-bond acceptors (Lipinski definition) is 3. The fourth-order valence-electron chi connectivity index (χ4n) is 1.69. The molecule has 0 spiro atoms. The Balaban J connectivity index is 2.11. The number of carbonyl (C=O) groups is 1. The molecule has 19 heavy (non-hydrogen) atoms. The lowest BCUT2D eigenvalue weighted by Crippen LogP contribution is -2.26. The minimum Gasteiger partial charge on any atom is -0.505 e. The van der Waals surface area contributed by atoms with E-state index in [9.17, 15) is 9.90 Å². The van der Waals surface area contributed by atoms with Crippen LogP contribution in [-0.4, -0.2) is 16.0 Å². The molecule has 1 aromatic carbocycles. The van der Waals surface area contributed by atoms with E-state index in [4.69, 9.17) is 0 Å². The molecule has 2 rings (SSSR count). The van der Waals surface area contributed by atoms with Gasteiger partial charge >= 0.3 is 0 Å². The number of pyridine rings is 1. The molecule has 0 saturated carbocycles. The van der Waals surface area contributed by atoms with E-state index < -0.39 is 0 Å². The summed E-state index contributed by atoms with van der Waals surface area (Å²) in [6, 6.07) is 9.04. The summed E-state index contributed by atoms with van der Waals surface area (Å²) in [4.78, 5) is 15.7. The van der Waals surface area contributed by atoms with Gasteiger partial charge in [0, 0.05) is 10.7 Å². The maximum absolute atomic E-state index is 12.0. The van der Waals surface area contributed by atoms with Crippen molar-refractivity contribution in [1.29, 1.82) is 0 Å². The Morgan fingerprint density at radius 3 is 2.63 bits per heavy atom. The van der Waals surface area contributed by atoms with Crippen LogP contribution in [0.25, 0.3) is 0 Å². The molecule has 0 radical (unpaired) electrons. The Morgan fingerprint density at radius 1 is 1.32 bits per heavy atom. The van der Waals surface area contributed by atoms with E-state index in [2.05, 4.69) is 26.2 Å². The fraction of sp³-hybridized carbons (Fsp3) is 0.143. The van der Waals surface area contributed by atoms with Crippen LogP contribution in [0.1, 0.15) is 28.9 Å². The first-order valence-electron chi connectivity index (χ1n) is 5.77. The molecule has 2 aromatic rings. The Morgan fingerprint density at radius 2 is 2.00 bits per heavy atom. The lowest BCUT2D eigenvalue weighted by Gasteiger charge is -2.14. The van der Waals surface area contributed by atoms with Crippen molar-refractivity contribution in [2.45, 2.75) is 13.0 Å². The Hall–Kier alpha value is -1.88. The molecule has 1 unspecified atom stereocenters. The molecule has 98 valence electrons. The van der Waals surface area contributed by atoms with Gasteiger partial charge in [-0.1, -0.05) is 28.1 Å². The maximum Gasteiger partial charge on any atom is 0.255 e. The number of halogens is 1. The minimum atomic E-state index is -0.324. The average molecular weight is 321 g/mol. The molecule has 0 bridgehead atoms. The lowest BCUT2D eigenvalue weighted by molar-refractivity contribution is 0.0937. The van der Waals surface area contributed by atoms with Gasteiger partial charge < -0.3 is 10.4 Å². The van der Waals surface area contributed by atoms with Gasteiger partial charge in [0.2, 0.25) is 0 Å². The number of aromatic nitrogens is 1. The standard InChI is InChI=1S/C14H13BrN2O2/c1-9(10-2-4-11(15)5-3-10)17-14(19)12-6-7-16-8-13(12)18/h2-9,18H,1H3,(H,17,19). The summed E-state index contributed by atoms with van der Waals surface area (Å²) in [5.74, 6) is -0.446. The second-order valence-electron chi connectivity index (χ2n) is 4.14. The number of rotatable bonds is 3. The molecule has 1 heterocycles. The maximum atomic E-state index is 12.0. The summed E-state index contributed by atoms with van der Waals surface area (Å²) in [6.07, 6.45) is 2.72. The summed E-state index contributed by atoms with van der Waals surface area (Å²) in [5.41, 5.74) is 1.21. The van der Waals surface area contributed by atoms with E-state index >= 15 is 0 Å². The van der Waals surface area contributed by atoms with E-state index in [1.165, 1.54) is 18.5 Å². The van der Waals surface area contributed by atoms with Crippen LogP contribution >= 0.6 is 15.9 Å². The second-order valence-corrected chi connectivity index (χ2v) is 5.06. The summed E-state index contributed by atoms with van der Waals surface area (Å²) in [7, 11) is 0. The van der Waals surface area contributed by atoms with Crippen molar-refractivity contribution in [3.8, 4) is 5.75 Å². The first kappa shape index (κ1) is 13.5. The molecule has 2 N–H and O–H groups in total. The lowest BCUT2D eigenvalue weighted by atomic mass is 10.1. The Kier molecular flexibility index (Phi) is 4.16. The van der Waals surface area contributed by atoms with Crippen LogP contribution in [0.15, 0.2) is 47.2 Å². The quantitative estimate of drug-likeness (QED) is 0.913. The van der Waals surface area contributed by atoms with Gasteiger partial charge in [0.15, 0.2) is 0 Å². The van der Waals surface area contributed by atoms with E-state index in [0.29, 0.717) is 0 Å². The van der Waals surface area contributed by atoms with E-state index in [-0.39, 0.29) is 23.3 Å². The molecule has 1 amide bonds. The molecular weight excluding hydrogens is 308 g/mol. The van der Waals surface area contributed by atoms with Gasteiger partial charge in [-0.05, 0) is 30.7 Å². The van der Waals surface area contributed by atoms with Crippen LogP contribution in [0, 0.1) is 0 Å². The SMILES string of the molecule is CC(NC(=O)c1ccncc1O)c1ccc(Br)cc1. The van der Waals surface area contributed by atoms with Gasteiger partial charge in [-0.15, -0.1) is 0 Å². The van der Waals surface area contributed by atoms with Crippen molar-refractivity contribution in [3.63, 3.8) is 0 Å². The zero-order valence-corrected chi connectivity index (χ0v) is 11.9. The van der Waals surface area contributed by atoms with E-state index in [0.717, 1.165) is 10.0 Å². The van der Waals surface area contributed by atoms with Crippen LogP contribution in [-0.2, 0) is 0 Å². The predicted octanol–water partition coefficient (Wildman–Crippen LogP) is 3.04. The van der Waals surface area contributed by atoms with Crippen LogP contribution < -0.4 is 5.32 Å². The minimum absolute atomic E-state index is 0.122. The molecule has 1 aromatic heterocycles. The number of nitrogens with one attached hydrogen (secondary N) is 1. The zero-order chi connectivity index (χ0) is 13.8. The second kappa shape index (κ2) is 5.84. The monoisotopic (exact) mass is 320 g/mol. The highest BCUT2D eigenvalue weighted by molar-refractivity contribution is 9.10. The van der Waals surface area contributed by atoms with Crippen molar-refractivity contribution in [2.75, 3.05) is 0 Å². The molecule has 4 nitrogen and oxygen atoms in total. The molecule has 0 aliphatic heterocycles. The summed E-state index contributed by atoms with van der Waals surface area (Å²) >= 11 is 3.36. The van der Waals surface area contributed by atoms with Crippen molar-refractivity contribution >= 4 is 21.8 Å². The Bertz CT molecular complexity index is 584. The van der Waals surface area contributed by atoms with E-state index in [1.54, 1.807) is 0 Å².